The van der Waals surface area contributed by atoms with Crippen molar-refractivity contribution in [2.45, 2.75) is 51.1 Å². The second kappa shape index (κ2) is 9.45. The van der Waals surface area contributed by atoms with E-state index in [1.165, 1.54) is 22.0 Å². The fourth-order valence-corrected chi connectivity index (χ4v) is 5.22. The lowest BCUT2D eigenvalue weighted by molar-refractivity contribution is -0.133. The standard InChI is InChI=1S/C27H32FN3O/c28-24-8-5-21(6-9-24)10-15-29-16-12-25(13-17-29)31-18-11-23-7-4-22(19-26(23)31)20-30-14-2-1-3-27(30)32/h4-9,11,18-19,25H,1-3,10,12-17,20H2. The number of aromatic nitrogens is 1. The molecule has 32 heavy (non-hydrogen) atoms. The van der Waals surface area contributed by atoms with Crippen LogP contribution in [0, 0.1) is 5.82 Å². The van der Waals surface area contributed by atoms with E-state index in [-0.39, 0.29) is 5.82 Å². The second-order valence-electron chi connectivity index (χ2n) is 9.34. The van der Waals surface area contributed by atoms with E-state index in [0.717, 1.165) is 64.8 Å². The highest BCUT2D eigenvalue weighted by Gasteiger charge is 2.22. The maximum Gasteiger partial charge on any atom is 0.222 e. The maximum absolute atomic E-state index is 13.1. The molecule has 2 saturated heterocycles. The van der Waals surface area contributed by atoms with Crippen molar-refractivity contribution < 1.29 is 9.18 Å². The van der Waals surface area contributed by atoms with Crippen LogP contribution >= 0.6 is 0 Å². The van der Waals surface area contributed by atoms with Gasteiger partial charge in [-0.1, -0.05) is 24.3 Å². The summed E-state index contributed by atoms with van der Waals surface area (Å²) in [5.74, 6) is 0.124. The van der Waals surface area contributed by atoms with E-state index in [1.807, 2.05) is 17.0 Å². The van der Waals surface area contributed by atoms with E-state index in [4.69, 9.17) is 0 Å². The molecule has 5 heteroatoms. The minimum atomic E-state index is -0.167. The van der Waals surface area contributed by atoms with E-state index in [0.29, 0.717) is 18.4 Å². The van der Waals surface area contributed by atoms with Gasteiger partial charge in [0.25, 0.3) is 0 Å². The first-order chi connectivity index (χ1) is 15.7. The summed E-state index contributed by atoms with van der Waals surface area (Å²) >= 11 is 0. The fourth-order valence-electron chi connectivity index (χ4n) is 5.22. The highest BCUT2D eigenvalue weighted by Crippen LogP contribution is 2.29. The third-order valence-corrected chi connectivity index (χ3v) is 7.16. The van der Waals surface area contributed by atoms with E-state index < -0.39 is 0 Å². The minimum absolute atomic E-state index is 0.167. The molecule has 0 saturated carbocycles. The summed E-state index contributed by atoms with van der Waals surface area (Å²) in [6, 6.07) is 16.3. The molecule has 1 aromatic heterocycles. The number of fused-ring (bicyclic) bond motifs is 1. The largest absolute Gasteiger partial charge is 0.344 e. The predicted molar refractivity (Wildman–Crippen MR) is 126 cm³/mol. The molecule has 0 aliphatic carbocycles. The number of rotatable bonds is 6. The van der Waals surface area contributed by atoms with Gasteiger partial charge in [0.2, 0.25) is 5.91 Å². The monoisotopic (exact) mass is 433 g/mol. The van der Waals surface area contributed by atoms with Crippen LogP contribution in [0.5, 0.6) is 0 Å². The summed E-state index contributed by atoms with van der Waals surface area (Å²) in [4.78, 5) is 16.8. The van der Waals surface area contributed by atoms with Gasteiger partial charge in [0.15, 0.2) is 0 Å². The summed E-state index contributed by atoms with van der Waals surface area (Å²) in [6.07, 6.45) is 8.32. The van der Waals surface area contributed by atoms with Crippen molar-refractivity contribution in [1.82, 2.24) is 14.4 Å². The lowest BCUT2D eigenvalue weighted by atomic mass is 10.0. The highest BCUT2D eigenvalue weighted by atomic mass is 19.1. The molecule has 0 bridgehead atoms. The summed E-state index contributed by atoms with van der Waals surface area (Å²) in [6.45, 7) is 4.82. The van der Waals surface area contributed by atoms with Crippen LogP contribution in [-0.2, 0) is 17.8 Å². The first-order valence-corrected chi connectivity index (χ1v) is 12.0. The van der Waals surface area contributed by atoms with E-state index >= 15 is 0 Å². The summed E-state index contributed by atoms with van der Waals surface area (Å²) in [5, 5.41) is 1.28. The molecule has 4 nitrogen and oxygen atoms in total. The lowest BCUT2D eigenvalue weighted by Crippen LogP contribution is -2.35. The Morgan fingerprint density at radius 3 is 2.47 bits per heavy atom. The maximum atomic E-state index is 13.1. The number of piperidine rings is 2. The molecular weight excluding hydrogens is 401 g/mol. The molecule has 3 heterocycles. The van der Waals surface area contributed by atoms with Gasteiger partial charge < -0.3 is 14.4 Å². The minimum Gasteiger partial charge on any atom is -0.344 e. The van der Waals surface area contributed by atoms with Crippen LogP contribution < -0.4 is 0 Å². The SMILES string of the molecule is O=C1CCCCN1Cc1ccc2ccn(C3CCN(CCc4ccc(F)cc4)CC3)c2c1. The molecule has 2 fully saturated rings. The van der Waals surface area contributed by atoms with Crippen LogP contribution in [0.4, 0.5) is 4.39 Å². The van der Waals surface area contributed by atoms with Crippen molar-refractivity contribution in [3.05, 3.63) is 71.7 Å². The number of hydrogen-bond donors (Lipinski definition) is 0. The summed E-state index contributed by atoms with van der Waals surface area (Å²) in [5.41, 5.74) is 3.71. The zero-order valence-electron chi connectivity index (χ0n) is 18.7. The number of benzene rings is 2. The van der Waals surface area contributed by atoms with Crippen LogP contribution in [-0.4, -0.2) is 46.5 Å². The average molecular weight is 434 g/mol. The van der Waals surface area contributed by atoms with Crippen molar-refractivity contribution in [1.29, 1.82) is 0 Å². The Labute approximate surface area is 189 Å². The first kappa shape index (κ1) is 21.2. The van der Waals surface area contributed by atoms with E-state index in [2.05, 4.69) is 39.9 Å². The van der Waals surface area contributed by atoms with Crippen molar-refractivity contribution >= 4 is 16.8 Å². The quantitative estimate of drug-likeness (QED) is 0.536. The number of nitrogens with zero attached hydrogens (tertiary/aromatic N) is 3. The molecular formula is C27H32FN3O. The molecule has 5 rings (SSSR count). The summed E-state index contributed by atoms with van der Waals surface area (Å²) < 4.78 is 15.6. The number of carbonyl (C=O) groups excluding carboxylic acids is 1. The molecule has 3 aromatic rings. The van der Waals surface area contributed by atoms with Gasteiger partial charge >= 0.3 is 0 Å². The molecule has 2 aliphatic rings. The molecule has 2 aromatic carbocycles. The van der Waals surface area contributed by atoms with Crippen molar-refractivity contribution in [2.75, 3.05) is 26.2 Å². The van der Waals surface area contributed by atoms with Crippen molar-refractivity contribution in [3.8, 4) is 0 Å². The molecule has 168 valence electrons. The zero-order chi connectivity index (χ0) is 21.9. The van der Waals surface area contributed by atoms with Crippen molar-refractivity contribution in [2.24, 2.45) is 0 Å². The lowest BCUT2D eigenvalue weighted by Gasteiger charge is -2.33. The van der Waals surface area contributed by atoms with Crippen LogP contribution in [0.2, 0.25) is 0 Å². The Kier molecular flexibility index (Phi) is 6.26. The van der Waals surface area contributed by atoms with Crippen LogP contribution in [0.1, 0.15) is 49.3 Å². The van der Waals surface area contributed by atoms with Crippen molar-refractivity contribution in [3.63, 3.8) is 0 Å². The third kappa shape index (κ3) is 4.73. The molecule has 2 aliphatic heterocycles. The van der Waals surface area contributed by atoms with Gasteiger partial charge in [0, 0.05) is 56.9 Å². The third-order valence-electron chi connectivity index (χ3n) is 7.16. The Balaban J connectivity index is 1.21. The molecule has 0 N–H and O–H groups in total. The number of carbonyl (C=O) groups is 1. The fraction of sp³-hybridized carbons (Fsp3) is 0.444. The first-order valence-electron chi connectivity index (χ1n) is 12.0. The topological polar surface area (TPSA) is 28.5 Å². The Bertz CT molecular complexity index is 1070. The number of amides is 1. The smallest absolute Gasteiger partial charge is 0.222 e. The van der Waals surface area contributed by atoms with Gasteiger partial charge in [-0.05, 0) is 72.9 Å². The van der Waals surface area contributed by atoms with Crippen LogP contribution in [0.25, 0.3) is 10.9 Å². The number of likely N-dealkylation sites (tertiary alicyclic amines) is 2. The van der Waals surface area contributed by atoms with Gasteiger partial charge in [0.1, 0.15) is 5.82 Å². The van der Waals surface area contributed by atoms with Gasteiger partial charge in [-0.15, -0.1) is 0 Å². The highest BCUT2D eigenvalue weighted by molar-refractivity contribution is 5.81. The van der Waals surface area contributed by atoms with Crippen LogP contribution in [0.15, 0.2) is 54.7 Å². The van der Waals surface area contributed by atoms with Gasteiger partial charge in [0.05, 0.1) is 0 Å². The molecule has 0 radical (unpaired) electrons. The molecule has 0 atom stereocenters. The Hall–Kier alpha value is -2.66. The van der Waals surface area contributed by atoms with E-state index in [1.54, 1.807) is 12.1 Å². The summed E-state index contributed by atoms with van der Waals surface area (Å²) in [7, 11) is 0. The predicted octanol–water partition coefficient (Wildman–Crippen LogP) is 5.17. The normalized spacial score (nSPS) is 18.5. The Morgan fingerprint density at radius 2 is 1.69 bits per heavy atom. The molecule has 0 unspecified atom stereocenters. The van der Waals surface area contributed by atoms with Crippen LogP contribution in [0.3, 0.4) is 0 Å². The average Bonchev–Trinajstić information content (AvgIpc) is 3.24. The molecule has 1 amide bonds. The second-order valence-corrected chi connectivity index (χ2v) is 9.34. The van der Waals surface area contributed by atoms with Gasteiger partial charge in [-0.3, -0.25) is 4.79 Å². The zero-order valence-corrected chi connectivity index (χ0v) is 18.7. The van der Waals surface area contributed by atoms with Gasteiger partial charge in [-0.2, -0.15) is 0 Å². The number of halogens is 1. The number of hydrogen-bond acceptors (Lipinski definition) is 2. The van der Waals surface area contributed by atoms with E-state index in [9.17, 15) is 9.18 Å². The Morgan fingerprint density at radius 1 is 0.906 bits per heavy atom. The van der Waals surface area contributed by atoms with Gasteiger partial charge in [-0.25, -0.2) is 4.39 Å². The molecule has 0 spiro atoms.